The molecule has 14 heteroatoms. The summed E-state index contributed by atoms with van der Waals surface area (Å²) in [6, 6.07) is 5.05. The third-order valence-corrected chi connectivity index (χ3v) is 9.31. The lowest BCUT2D eigenvalue weighted by atomic mass is 9.59. The quantitative estimate of drug-likeness (QED) is 0.173. The number of alkyl halides is 6. The predicted octanol–water partition coefficient (Wildman–Crippen LogP) is 6.41. The van der Waals surface area contributed by atoms with Crippen LogP contribution in [0.25, 0.3) is 0 Å². The number of Topliss-reactive ketones (excluding diaryl/α,β-unsaturated/α-hetero) is 1. The molecule has 1 heterocycles. The highest BCUT2D eigenvalue weighted by Gasteiger charge is 2.57. The van der Waals surface area contributed by atoms with Crippen LogP contribution in [-0.2, 0) is 31.5 Å². The standard InChI is InChI=1S/C31H20BrF6NO6/c1-45-22-4-2-3-16(27(22)42)23-15-5-6-17-24(18(15)10-19-25(23)21(40)11-20(32)26(19)41)29(44)39(28(17)43)14-8-12(30(33,34)35)7-13(9-14)31(36,37)38/h2-5,7-9,11,17-18,23-24,42H,6,10H2,1H3/t17-,18+,23+,24-/m0/s1. The van der Waals surface area contributed by atoms with E-state index in [0.29, 0.717) is 22.6 Å². The number of carbonyl (C=O) groups excluding carboxylic acids is 4. The van der Waals surface area contributed by atoms with E-state index in [1.807, 2.05) is 0 Å². The van der Waals surface area contributed by atoms with Gasteiger partial charge in [0.15, 0.2) is 23.1 Å². The van der Waals surface area contributed by atoms with Crippen LogP contribution in [0, 0.1) is 17.8 Å². The largest absolute Gasteiger partial charge is 0.504 e. The van der Waals surface area contributed by atoms with Gasteiger partial charge in [-0.15, -0.1) is 0 Å². The minimum Gasteiger partial charge on any atom is -0.504 e. The van der Waals surface area contributed by atoms with E-state index in [9.17, 15) is 50.6 Å². The first-order valence-electron chi connectivity index (χ1n) is 13.5. The number of anilines is 1. The summed E-state index contributed by atoms with van der Waals surface area (Å²) in [7, 11) is 1.31. The number of fused-ring (bicyclic) bond motifs is 3. The molecular formula is C31H20BrF6NO6. The first-order valence-corrected chi connectivity index (χ1v) is 14.3. The Morgan fingerprint density at radius 2 is 1.58 bits per heavy atom. The summed E-state index contributed by atoms with van der Waals surface area (Å²) in [5.41, 5.74) is -3.61. The van der Waals surface area contributed by atoms with Crippen LogP contribution in [0.1, 0.15) is 35.4 Å². The molecule has 0 radical (unpaired) electrons. The number of rotatable bonds is 3. The molecule has 234 valence electrons. The summed E-state index contributed by atoms with van der Waals surface area (Å²) >= 11 is 3.08. The highest BCUT2D eigenvalue weighted by molar-refractivity contribution is 9.12. The molecule has 1 fully saturated rings. The average Bonchev–Trinajstić information content (AvgIpc) is 3.23. The summed E-state index contributed by atoms with van der Waals surface area (Å²) in [4.78, 5) is 54.6. The van der Waals surface area contributed by atoms with E-state index < -0.39 is 76.2 Å². The van der Waals surface area contributed by atoms with Gasteiger partial charge in [0.2, 0.25) is 11.8 Å². The zero-order valence-electron chi connectivity index (χ0n) is 22.9. The first kappa shape index (κ1) is 30.8. The van der Waals surface area contributed by atoms with Gasteiger partial charge in [0.1, 0.15) is 0 Å². The number of phenols is 1. The second kappa shape index (κ2) is 10.4. The number of amides is 2. The Hall–Kier alpha value is -4.20. The number of hydrogen-bond acceptors (Lipinski definition) is 6. The van der Waals surface area contributed by atoms with Crippen molar-refractivity contribution in [2.45, 2.75) is 31.1 Å². The van der Waals surface area contributed by atoms with Gasteiger partial charge in [-0.2, -0.15) is 26.3 Å². The number of halogens is 7. The van der Waals surface area contributed by atoms with Crippen molar-refractivity contribution < 1.29 is 55.4 Å². The van der Waals surface area contributed by atoms with Gasteiger partial charge in [-0.05, 0) is 59.0 Å². The number of methoxy groups -OCH3 is 1. The smallest absolute Gasteiger partial charge is 0.416 e. The van der Waals surface area contributed by atoms with Crippen molar-refractivity contribution in [2.75, 3.05) is 12.0 Å². The third-order valence-electron chi connectivity index (χ3n) is 8.72. The Kier molecular flexibility index (Phi) is 7.14. The molecule has 4 aliphatic rings. The van der Waals surface area contributed by atoms with Gasteiger partial charge in [0.25, 0.3) is 0 Å². The lowest BCUT2D eigenvalue weighted by Crippen LogP contribution is -2.39. The minimum absolute atomic E-state index is 0.0153. The number of benzene rings is 2. The van der Waals surface area contributed by atoms with Crippen molar-refractivity contribution in [3.05, 3.63) is 86.4 Å². The molecule has 2 amide bonds. The highest BCUT2D eigenvalue weighted by Crippen LogP contribution is 2.57. The van der Waals surface area contributed by atoms with Crippen molar-refractivity contribution in [1.29, 1.82) is 0 Å². The second-order valence-corrected chi connectivity index (χ2v) is 11.9. The van der Waals surface area contributed by atoms with E-state index in [0.717, 1.165) is 6.08 Å². The van der Waals surface area contributed by atoms with Crippen molar-refractivity contribution >= 4 is 45.0 Å². The fourth-order valence-corrected chi connectivity index (χ4v) is 7.27. The zero-order valence-corrected chi connectivity index (χ0v) is 24.5. The van der Waals surface area contributed by atoms with E-state index in [-0.39, 0.29) is 51.6 Å². The molecule has 0 bridgehead atoms. The maximum Gasteiger partial charge on any atom is 0.416 e. The number of nitrogens with zero attached hydrogens (tertiary/aromatic N) is 1. The molecule has 1 saturated heterocycles. The Morgan fingerprint density at radius 3 is 2.18 bits per heavy atom. The molecule has 0 unspecified atom stereocenters. The Bertz CT molecular complexity index is 1770. The number of ketones is 2. The lowest BCUT2D eigenvalue weighted by Gasteiger charge is -2.42. The first-order chi connectivity index (χ1) is 21.0. The Balaban J connectivity index is 1.49. The summed E-state index contributed by atoms with van der Waals surface area (Å²) in [5, 5.41) is 11.1. The number of ether oxygens (including phenoxy) is 1. The van der Waals surface area contributed by atoms with Crippen LogP contribution in [0.15, 0.2) is 69.8 Å². The SMILES string of the molecule is COc1cccc([C@H]2C3=CC[C@@H]4C(=O)N(c5cc(C(F)(F)F)cc(C(F)(F)F)c5)C(=O)[C@@H]4[C@@H]3CC3=C2C(=O)C=C(Br)C3=O)c1O. The fraction of sp³-hybridized carbons (Fsp3) is 0.290. The Labute approximate surface area is 259 Å². The number of phenolic OH excluding ortho intramolecular Hbond substituents is 1. The molecule has 3 aliphatic carbocycles. The predicted molar refractivity (Wildman–Crippen MR) is 148 cm³/mol. The van der Waals surface area contributed by atoms with Crippen molar-refractivity contribution in [3.63, 3.8) is 0 Å². The number of aromatic hydroxyl groups is 1. The van der Waals surface area contributed by atoms with Crippen LogP contribution in [0.4, 0.5) is 32.0 Å². The van der Waals surface area contributed by atoms with E-state index >= 15 is 0 Å². The number of carbonyl (C=O) groups is 4. The molecule has 2 aromatic rings. The minimum atomic E-state index is -5.21. The van der Waals surface area contributed by atoms with Gasteiger partial charge in [-0.1, -0.05) is 23.8 Å². The van der Waals surface area contributed by atoms with Gasteiger partial charge in [-0.3, -0.25) is 19.2 Å². The topological polar surface area (TPSA) is 101 Å². The zero-order chi connectivity index (χ0) is 32.7. The number of hydrogen-bond donors (Lipinski definition) is 1. The van der Waals surface area contributed by atoms with Gasteiger partial charge in [-0.25, -0.2) is 4.90 Å². The molecular weight excluding hydrogens is 676 g/mol. The molecule has 45 heavy (non-hydrogen) atoms. The van der Waals surface area contributed by atoms with Gasteiger partial charge in [0.05, 0.1) is 40.2 Å². The van der Waals surface area contributed by atoms with Crippen LogP contribution in [-0.4, -0.2) is 35.6 Å². The van der Waals surface area contributed by atoms with Crippen LogP contribution < -0.4 is 9.64 Å². The second-order valence-electron chi connectivity index (χ2n) is 11.1. The summed E-state index contributed by atoms with van der Waals surface area (Å²) in [6.45, 7) is 0. The maximum atomic E-state index is 14.0. The fourth-order valence-electron chi connectivity index (χ4n) is 6.82. The molecule has 2 aromatic carbocycles. The summed E-state index contributed by atoms with van der Waals surface area (Å²) < 4.78 is 86.9. The molecule has 4 atom stereocenters. The van der Waals surface area contributed by atoms with Crippen LogP contribution >= 0.6 is 15.9 Å². The molecule has 0 spiro atoms. The van der Waals surface area contributed by atoms with Crippen LogP contribution in [0.2, 0.25) is 0 Å². The highest BCUT2D eigenvalue weighted by atomic mass is 79.9. The van der Waals surface area contributed by atoms with Gasteiger partial charge < -0.3 is 9.84 Å². The molecule has 1 aliphatic heterocycles. The molecule has 6 rings (SSSR count). The number of allylic oxidation sites excluding steroid dienone is 6. The number of imide groups is 1. The molecule has 7 nitrogen and oxygen atoms in total. The van der Waals surface area contributed by atoms with Crippen molar-refractivity contribution in [2.24, 2.45) is 17.8 Å². The van der Waals surface area contributed by atoms with Crippen LogP contribution in [0.5, 0.6) is 11.5 Å². The summed E-state index contributed by atoms with van der Waals surface area (Å²) in [6.07, 6.45) is -8.08. The maximum absolute atomic E-state index is 14.0. The van der Waals surface area contributed by atoms with Crippen molar-refractivity contribution in [3.8, 4) is 11.5 Å². The van der Waals surface area contributed by atoms with E-state index in [1.165, 1.54) is 19.2 Å². The average molecular weight is 696 g/mol. The molecule has 0 aromatic heterocycles. The monoisotopic (exact) mass is 695 g/mol. The summed E-state index contributed by atoms with van der Waals surface area (Å²) in [5.74, 6) is -7.87. The lowest BCUT2D eigenvalue weighted by molar-refractivity contribution is -0.143. The third kappa shape index (κ3) is 4.80. The van der Waals surface area contributed by atoms with E-state index in [4.69, 9.17) is 4.74 Å². The van der Waals surface area contributed by atoms with Crippen molar-refractivity contribution in [1.82, 2.24) is 0 Å². The molecule has 1 N–H and O–H groups in total. The molecule has 0 saturated carbocycles. The van der Waals surface area contributed by atoms with E-state index in [2.05, 4.69) is 15.9 Å². The van der Waals surface area contributed by atoms with Crippen LogP contribution in [0.3, 0.4) is 0 Å². The van der Waals surface area contributed by atoms with E-state index in [1.54, 1.807) is 12.1 Å². The number of para-hydroxylation sites is 1. The van der Waals surface area contributed by atoms with Gasteiger partial charge in [0, 0.05) is 28.7 Å². The van der Waals surface area contributed by atoms with Gasteiger partial charge >= 0.3 is 12.4 Å². The normalized spacial score (nSPS) is 25.1. The Morgan fingerprint density at radius 1 is 0.933 bits per heavy atom.